The van der Waals surface area contributed by atoms with Crippen LogP contribution in [0, 0.1) is 0 Å². The third kappa shape index (κ3) is 3.51. The second kappa shape index (κ2) is 5.76. The second-order valence-corrected chi connectivity index (χ2v) is 7.11. The Bertz CT molecular complexity index is 647. The number of nitrogen functional groups attached to an aromatic ring is 1. The predicted octanol–water partition coefficient (Wildman–Crippen LogP) is -1.62. The van der Waals surface area contributed by atoms with Crippen LogP contribution < -0.4 is 11.4 Å². The van der Waals surface area contributed by atoms with Gasteiger partial charge in [-0.05, 0) is 15.9 Å². The summed E-state index contributed by atoms with van der Waals surface area (Å²) in [4.78, 5) is 33.1. The van der Waals surface area contributed by atoms with Crippen molar-refractivity contribution in [2.24, 2.45) is 0 Å². The number of ether oxygens (including phenoxy) is 1. The van der Waals surface area contributed by atoms with Crippen molar-refractivity contribution in [1.82, 2.24) is 9.55 Å². The van der Waals surface area contributed by atoms with Gasteiger partial charge in [-0.15, -0.1) is 0 Å². The minimum atomic E-state index is -4.45. The molecule has 0 amide bonds. The number of nitrogens with two attached hydrogens (primary N) is 1. The molecule has 4 unspecified atom stereocenters. The van der Waals surface area contributed by atoms with E-state index in [0.717, 1.165) is 4.57 Å². The lowest BCUT2D eigenvalue weighted by molar-refractivity contribution is -0.0351. The van der Waals surface area contributed by atoms with Gasteiger partial charge in [0, 0.05) is 6.20 Å². The minimum Gasteiger partial charge on any atom is -0.387 e. The Labute approximate surface area is 126 Å². The zero-order valence-electron chi connectivity index (χ0n) is 10.4. The quantitative estimate of drug-likeness (QED) is 0.384. The Morgan fingerprint density at radius 1 is 1.43 bits per heavy atom. The number of aliphatic hydroxyl groups is 2. The molecule has 1 aliphatic heterocycles. The van der Waals surface area contributed by atoms with E-state index < -0.39 is 44.0 Å². The van der Waals surface area contributed by atoms with Crippen molar-refractivity contribution in [2.45, 2.75) is 24.5 Å². The van der Waals surface area contributed by atoms with E-state index in [-0.39, 0.29) is 10.3 Å². The molecule has 2 heterocycles. The Balaban J connectivity index is 2.32. The van der Waals surface area contributed by atoms with Crippen LogP contribution in [0.4, 0.5) is 5.82 Å². The molecule has 118 valence electrons. The maximum atomic E-state index is 11.7. The van der Waals surface area contributed by atoms with Crippen LogP contribution in [0.2, 0.25) is 0 Å². The number of aromatic nitrogens is 2. The van der Waals surface area contributed by atoms with Gasteiger partial charge in [-0.2, -0.15) is 4.98 Å². The standard InChI is InChI=1S/C9H13BrN3O7P/c10-3-1-13(9(16)12-7(3)11)8-6(15)5(14)4(20-8)2-21(17,18)19/h1,4-6,8,14-15H,2H2,(H2,11,12,16)(H2,17,18,19). The number of aliphatic hydroxyl groups excluding tert-OH is 2. The van der Waals surface area contributed by atoms with Crippen molar-refractivity contribution in [3.8, 4) is 0 Å². The van der Waals surface area contributed by atoms with E-state index in [9.17, 15) is 19.6 Å². The first-order valence-corrected chi connectivity index (χ1v) is 8.29. The van der Waals surface area contributed by atoms with Crippen LogP contribution in [0.15, 0.2) is 15.5 Å². The first-order chi connectivity index (χ1) is 9.60. The normalized spacial score (nSPS) is 29.8. The molecule has 1 aromatic rings. The van der Waals surface area contributed by atoms with Crippen LogP contribution in [0.3, 0.4) is 0 Å². The monoisotopic (exact) mass is 385 g/mol. The van der Waals surface area contributed by atoms with Gasteiger partial charge < -0.3 is 30.5 Å². The van der Waals surface area contributed by atoms with Crippen molar-refractivity contribution in [2.75, 3.05) is 11.9 Å². The van der Waals surface area contributed by atoms with Crippen molar-refractivity contribution in [3.05, 3.63) is 21.2 Å². The van der Waals surface area contributed by atoms with Crippen molar-refractivity contribution in [1.29, 1.82) is 0 Å². The Kier molecular flexibility index (Phi) is 4.54. The number of rotatable bonds is 3. The molecule has 1 fully saturated rings. The predicted molar refractivity (Wildman–Crippen MR) is 73.4 cm³/mol. The zero-order valence-corrected chi connectivity index (χ0v) is 12.9. The van der Waals surface area contributed by atoms with E-state index in [1.165, 1.54) is 6.20 Å². The summed E-state index contributed by atoms with van der Waals surface area (Å²) in [5.74, 6) is -0.0592. The summed E-state index contributed by atoms with van der Waals surface area (Å²) in [6, 6.07) is 0. The summed E-state index contributed by atoms with van der Waals surface area (Å²) in [6.45, 7) is 0. The lowest BCUT2D eigenvalue weighted by atomic mass is 10.1. The van der Waals surface area contributed by atoms with Crippen LogP contribution in [0.25, 0.3) is 0 Å². The number of hydrogen-bond acceptors (Lipinski definition) is 7. The average Bonchev–Trinajstić information content (AvgIpc) is 2.60. The fourth-order valence-corrected chi connectivity index (χ4v) is 3.06. The largest absolute Gasteiger partial charge is 0.387 e. The van der Waals surface area contributed by atoms with Gasteiger partial charge in [0.1, 0.15) is 24.1 Å². The zero-order chi connectivity index (χ0) is 15.9. The SMILES string of the molecule is Nc1nc(=O)n(C2OC(CP(=O)(O)O)C(O)C2O)cc1Br. The van der Waals surface area contributed by atoms with E-state index in [2.05, 4.69) is 20.9 Å². The number of nitrogens with zero attached hydrogens (tertiary/aromatic N) is 2. The van der Waals surface area contributed by atoms with Crippen molar-refractivity contribution < 1.29 is 29.3 Å². The summed E-state index contributed by atoms with van der Waals surface area (Å²) in [5, 5.41) is 19.7. The summed E-state index contributed by atoms with van der Waals surface area (Å²) < 4.78 is 17.3. The highest BCUT2D eigenvalue weighted by molar-refractivity contribution is 9.10. The van der Waals surface area contributed by atoms with Gasteiger partial charge in [0.25, 0.3) is 0 Å². The van der Waals surface area contributed by atoms with Crippen LogP contribution >= 0.6 is 23.5 Å². The Morgan fingerprint density at radius 2 is 2.05 bits per heavy atom. The van der Waals surface area contributed by atoms with Gasteiger partial charge in [0.2, 0.25) is 0 Å². The molecule has 1 aromatic heterocycles. The first-order valence-electron chi connectivity index (χ1n) is 5.70. The van der Waals surface area contributed by atoms with E-state index in [0.29, 0.717) is 0 Å². The highest BCUT2D eigenvalue weighted by atomic mass is 79.9. The average molecular weight is 386 g/mol. The first kappa shape index (κ1) is 16.6. The summed E-state index contributed by atoms with van der Waals surface area (Å²) in [7, 11) is -4.45. The highest BCUT2D eigenvalue weighted by Gasteiger charge is 2.46. The molecular weight excluding hydrogens is 373 g/mol. The molecular formula is C9H13BrN3O7P. The molecule has 4 atom stereocenters. The van der Waals surface area contributed by atoms with Crippen LogP contribution in [0.5, 0.6) is 0 Å². The Hall–Kier alpha value is -0.810. The van der Waals surface area contributed by atoms with Crippen molar-refractivity contribution >= 4 is 29.3 Å². The number of hydrogen-bond donors (Lipinski definition) is 5. The smallest absolute Gasteiger partial charge is 0.351 e. The number of halogens is 1. The van der Waals surface area contributed by atoms with Crippen molar-refractivity contribution in [3.63, 3.8) is 0 Å². The molecule has 1 saturated heterocycles. The van der Waals surface area contributed by atoms with Gasteiger partial charge >= 0.3 is 13.3 Å². The molecule has 21 heavy (non-hydrogen) atoms. The molecule has 0 bridgehead atoms. The highest BCUT2D eigenvalue weighted by Crippen LogP contribution is 2.40. The van der Waals surface area contributed by atoms with E-state index >= 15 is 0 Å². The fraction of sp³-hybridized carbons (Fsp3) is 0.556. The molecule has 1 aliphatic rings. The lowest BCUT2D eigenvalue weighted by Gasteiger charge is -2.17. The third-order valence-electron chi connectivity index (χ3n) is 2.96. The molecule has 2 rings (SSSR count). The molecule has 12 heteroatoms. The molecule has 10 nitrogen and oxygen atoms in total. The lowest BCUT2D eigenvalue weighted by Crippen LogP contribution is -2.36. The third-order valence-corrected chi connectivity index (χ3v) is 4.41. The minimum absolute atomic E-state index is 0.0592. The fourth-order valence-electron chi connectivity index (χ4n) is 1.98. The van der Waals surface area contributed by atoms with E-state index in [1.807, 2.05) is 0 Å². The topological polar surface area (TPSA) is 168 Å². The summed E-state index contributed by atoms with van der Waals surface area (Å²) in [5.41, 5.74) is 4.60. The molecule has 0 aromatic carbocycles. The summed E-state index contributed by atoms with van der Waals surface area (Å²) in [6.07, 6.45) is -5.30. The van der Waals surface area contributed by atoms with Gasteiger partial charge in [0.05, 0.1) is 10.6 Å². The van der Waals surface area contributed by atoms with Crippen LogP contribution in [-0.2, 0) is 9.30 Å². The van der Waals surface area contributed by atoms with Gasteiger partial charge in [-0.25, -0.2) is 4.79 Å². The summed E-state index contributed by atoms with van der Waals surface area (Å²) >= 11 is 3.05. The van der Waals surface area contributed by atoms with Gasteiger partial charge in [-0.3, -0.25) is 9.13 Å². The second-order valence-electron chi connectivity index (χ2n) is 4.56. The van der Waals surface area contributed by atoms with Gasteiger partial charge in [0.15, 0.2) is 6.23 Å². The van der Waals surface area contributed by atoms with E-state index in [4.69, 9.17) is 20.3 Å². The van der Waals surface area contributed by atoms with Crippen LogP contribution in [-0.4, -0.2) is 54.0 Å². The van der Waals surface area contributed by atoms with Gasteiger partial charge in [-0.1, -0.05) is 0 Å². The molecule has 0 saturated carbocycles. The molecule has 0 aliphatic carbocycles. The van der Waals surface area contributed by atoms with E-state index in [1.54, 1.807) is 0 Å². The number of anilines is 1. The Morgan fingerprint density at radius 3 is 2.62 bits per heavy atom. The molecule has 6 N–H and O–H groups in total. The molecule has 0 radical (unpaired) electrons. The maximum Gasteiger partial charge on any atom is 0.351 e. The molecule has 0 spiro atoms. The maximum absolute atomic E-state index is 11.7. The van der Waals surface area contributed by atoms with Crippen LogP contribution in [0.1, 0.15) is 6.23 Å².